The molecule has 112 valence electrons. The van der Waals surface area contributed by atoms with Crippen molar-refractivity contribution in [3.63, 3.8) is 0 Å². The Morgan fingerprint density at radius 3 is 2.32 bits per heavy atom. The monoisotopic (exact) mass is 300 g/mol. The van der Waals surface area contributed by atoms with Crippen molar-refractivity contribution in [3.05, 3.63) is 92.6 Å². The number of ketones is 1. The molecule has 1 unspecified atom stereocenters. The summed E-state index contributed by atoms with van der Waals surface area (Å²) >= 11 is 0. The van der Waals surface area contributed by atoms with Crippen molar-refractivity contribution in [1.29, 1.82) is 0 Å². The van der Waals surface area contributed by atoms with E-state index in [1.165, 1.54) is 24.3 Å². The van der Waals surface area contributed by atoms with Gasteiger partial charge in [0.15, 0.2) is 5.78 Å². The molecule has 1 aliphatic rings. The van der Waals surface area contributed by atoms with Gasteiger partial charge in [0.2, 0.25) is 0 Å². The van der Waals surface area contributed by atoms with E-state index in [4.69, 9.17) is 0 Å². The van der Waals surface area contributed by atoms with Gasteiger partial charge in [-0.15, -0.1) is 0 Å². The van der Waals surface area contributed by atoms with Gasteiger partial charge in [-0.3, -0.25) is 25.0 Å². The molecule has 1 aromatic carbocycles. The summed E-state index contributed by atoms with van der Waals surface area (Å²) in [6.45, 7) is 0. The molecule has 0 fully saturated rings. The third-order valence-corrected chi connectivity index (χ3v) is 3.36. The second kappa shape index (κ2) is 6.13. The summed E-state index contributed by atoms with van der Waals surface area (Å²) in [6.07, 6.45) is 7.32. The Morgan fingerprint density at radius 2 is 1.73 bits per heavy atom. The highest BCUT2D eigenvalue weighted by atomic mass is 16.7. The minimum atomic E-state index is -2.48. The molecule has 0 heterocycles. The number of benzene rings is 1. The van der Waals surface area contributed by atoms with Crippen LogP contribution >= 0.6 is 0 Å². The van der Waals surface area contributed by atoms with E-state index in [2.05, 4.69) is 0 Å². The lowest BCUT2D eigenvalue weighted by Crippen LogP contribution is -2.50. The van der Waals surface area contributed by atoms with Crippen LogP contribution in [-0.4, -0.2) is 21.3 Å². The van der Waals surface area contributed by atoms with E-state index in [1.54, 1.807) is 30.3 Å². The molecule has 0 saturated carbocycles. The first-order chi connectivity index (χ1) is 10.5. The number of nitro groups is 2. The minimum absolute atomic E-state index is 0.371. The quantitative estimate of drug-likeness (QED) is 0.273. The summed E-state index contributed by atoms with van der Waals surface area (Å²) < 4.78 is 0. The lowest BCUT2D eigenvalue weighted by molar-refractivity contribution is -0.786. The Bertz CT molecular complexity index is 677. The number of hydrogen-bond acceptors (Lipinski definition) is 5. The molecular weight excluding hydrogens is 288 g/mol. The maximum atomic E-state index is 12.0. The second-order valence-corrected chi connectivity index (χ2v) is 4.66. The highest BCUT2D eigenvalue weighted by molar-refractivity contribution is 6.04. The maximum Gasteiger partial charge on any atom is 0.487 e. The fraction of sp³-hybridized carbons (Fsp3) is 0.133. The highest BCUT2D eigenvalue weighted by Crippen LogP contribution is 2.29. The zero-order valence-corrected chi connectivity index (χ0v) is 11.4. The summed E-state index contributed by atoms with van der Waals surface area (Å²) in [6, 6.07) is 8.31. The van der Waals surface area contributed by atoms with E-state index >= 15 is 0 Å². The third kappa shape index (κ3) is 2.69. The van der Waals surface area contributed by atoms with Crippen LogP contribution in [0, 0.1) is 26.1 Å². The van der Waals surface area contributed by atoms with Gasteiger partial charge < -0.3 is 0 Å². The number of nitrogens with zero attached hydrogens (tertiary/aromatic N) is 2. The van der Waals surface area contributed by atoms with Gasteiger partial charge in [0.25, 0.3) is 0 Å². The van der Waals surface area contributed by atoms with Crippen molar-refractivity contribution < 1.29 is 14.6 Å². The first-order valence-corrected chi connectivity index (χ1v) is 6.41. The van der Waals surface area contributed by atoms with Crippen LogP contribution in [0.5, 0.6) is 0 Å². The average molecular weight is 300 g/mol. The Labute approximate surface area is 125 Å². The molecule has 22 heavy (non-hydrogen) atoms. The number of carbonyl (C=O) groups is 1. The van der Waals surface area contributed by atoms with Crippen LogP contribution in [-0.2, 0) is 0 Å². The normalized spacial score (nSPS) is 19.2. The van der Waals surface area contributed by atoms with Crippen molar-refractivity contribution in [2.45, 2.75) is 5.66 Å². The average Bonchev–Trinajstić information content (AvgIpc) is 2.53. The number of hydrogen-bond donors (Lipinski definition) is 0. The van der Waals surface area contributed by atoms with Crippen molar-refractivity contribution in [2.24, 2.45) is 5.92 Å². The summed E-state index contributed by atoms with van der Waals surface area (Å²) in [7, 11) is 0. The molecular formula is C15H12N2O5. The lowest BCUT2D eigenvalue weighted by atomic mass is 9.88. The van der Waals surface area contributed by atoms with Gasteiger partial charge >= 0.3 is 5.66 Å². The number of allylic oxidation sites excluding steroid dienone is 3. The van der Waals surface area contributed by atoms with Crippen molar-refractivity contribution >= 4 is 5.78 Å². The van der Waals surface area contributed by atoms with Crippen molar-refractivity contribution in [1.82, 2.24) is 0 Å². The Balaban J connectivity index is 2.30. The Morgan fingerprint density at radius 1 is 1.09 bits per heavy atom. The molecule has 0 bridgehead atoms. The third-order valence-electron chi connectivity index (χ3n) is 3.36. The summed E-state index contributed by atoms with van der Waals surface area (Å²) in [4.78, 5) is 32.5. The van der Waals surface area contributed by atoms with Gasteiger partial charge in [0.1, 0.15) is 15.8 Å². The van der Waals surface area contributed by atoms with Gasteiger partial charge in [-0.05, 0) is 6.08 Å². The molecule has 1 atom stereocenters. The number of rotatable bonds is 5. The molecule has 0 saturated heterocycles. The van der Waals surface area contributed by atoms with Crippen LogP contribution in [0.4, 0.5) is 0 Å². The molecule has 0 radical (unpaired) electrons. The Hall–Kier alpha value is -3.09. The summed E-state index contributed by atoms with van der Waals surface area (Å²) in [5, 5.41) is 22.4. The standard InChI is InChI=1S/C15H12N2O5/c18-14(12-6-2-1-3-7-12)10-9-13-8-4-5-11-15(13,16(19)20)17(21)22/h1-11,13H. The molecule has 0 spiro atoms. The van der Waals surface area contributed by atoms with E-state index in [0.717, 1.165) is 12.2 Å². The fourth-order valence-electron chi connectivity index (χ4n) is 2.16. The SMILES string of the molecule is O=C(C=CC1C=CC=CC1([N+](=O)[O-])[N+](=O)[O-])c1ccccc1. The minimum Gasteiger partial charge on any atom is -0.289 e. The molecule has 7 nitrogen and oxygen atoms in total. The zero-order chi connectivity index (χ0) is 16.2. The van der Waals surface area contributed by atoms with Crippen LogP contribution in [0.15, 0.2) is 66.8 Å². The van der Waals surface area contributed by atoms with E-state index < -0.39 is 21.4 Å². The topological polar surface area (TPSA) is 103 Å². The molecule has 0 N–H and O–H groups in total. The molecule has 0 amide bonds. The van der Waals surface area contributed by atoms with Crippen LogP contribution in [0.3, 0.4) is 0 Å². The van der Waals surface area contributed by atoms with Gasteiger partial charge in [-0.1, -0.05) is 54.6 Å². The predicted molar refractivity (Wildman–Crippen MR) is 78.4 cm³/mol. The molecule has 1 aromatic rings. The van der Waals surface area contributed by atoms with Gasteiger partial charge in [0, 0.05) is 5.56 Å². The van der Waals surface area contributed by atoms with E-state index in [1.807, 2.05) is 0 Å². The van der Waals surface area contributed by atoms with E-state index in [-0.39, 0.29) is 5.78 Å². The molecule has 0 aromatic heterocycles. The first-order valence-electron chi connectivity index (χ1n) is 6.41. The second-order valence-electron chi connectivity index (χ2n) is 4.66. The highest BCUT2D eigenvalue weighted by Gasteiger charge is 2.59. The lowest BCUT2D eigenvalue weighted by Gasteiger charge is -2.20. The Kier molecular flexibility index (Phi) is 4.26. The van der Waals surface area contributed by atoms with Gasteiger partial charge in [0.05, 0.1) is 6.08 Å². The van der Waals surface area contributed by atoms with Crippen LogP contribution in [0.2, 0.25) is 0 Å². The van der Waals surface area contributed by atoms with E-state index in [0.29, 0.717) is 5.56 Å². The summed E-state index contributed by atoms with van der Waals surface area (Å²) in [5.74, 6) is -1.51. The molecule has 1 aliphatic carbocycles. The fourth-order valence-corrected chi connectivity index (χ4v) is 2.16. The maximum absolute atomic E-state index is 12.0. The smallest absolute Gasteiger partial charge is 0.289 e. The van der Waals surface area contributed by atoms with Gasteiger partial charge in [-0.25, -0.2) is 0 Å². The largest absolute Gasteiger partial charge is 0.487 e. The molecule has 2 rings (SSSR count). The zero-order valence-electron chi connectivity index (χ0n) is 11.4. The van der Waals surface area contributed by atoms with Crippen molar-refractivity contribution in [3.8, 4) is 0 Å². The number of carbonyl (C=O) groups excluding carboxylic acids is 1. The van der Waals surface area contributed by atoms with E-state index in [9.17, 15) is 25.0 Å². The van der Waals surface area contributed by atoms with Crippen molar-refractivity contribution in [2.75, 3.05) is 0 Å². The molecule has 0 aliphatic heterocycles. The van der Waals surface area contributed by atoms with Crippen LogP contribution < -0.4 is 0 Å². The first kappa shape index (κ1) is 15.3. The van der Waals surface area contributed by atoms with Crippen LogP contribution in [0.25, 0.3) is 0 Å². The summed E-state index contributed by atoms with van der Waals surface area (Å²) in [5.41, 5.74) is -2.08. The molecule has 7 heteroatoms. The van der Waals surface area contributed by atoms with Crippen LogP contribution in [0.1, 0.15) is 10.4 Å². The predicted octanol–water partition coefficient (Wildman–Crippen LogP) is 2.42. The van der Waals surface area contributed by atoms with Gasteiger partial charge in [-0.2, -0.15) is 0 Å².